The largest absolute Gasteiger partial charge is 0.477 e. The van der Waals surface area contributed by atoms with Gasteiger partial charge in [0.05, 0.1) is 0 Å². The summed E-state index contributed by atoms with van der Waals surface area (Å²) in [4.78, 5) is 18.6. The number of hydrogen-bond donors (Lipinski definition) is 1. The zero-order chi connectivity index (χ0) is 13.1. The Morgan fingerprint density at radius 3 is 2.83 bits per heavy atom. The fourth-order valence-corrected chi connectivity index (χ4v) is 1.40. The molecule has 1 N–H and O–H groups in total. The third kappa shape index (κ3) is 2.42. The molecule has 0 atom stereocenters. The van der Waals surface area contributed by atoms with Gasteiger partial charge in [0.2, 0.25) is 5.88 Å². The van der Waals surface area contributed by atoms with E-state index in [0.717, 1.165) is 6.07 Å². The molecule has 5 nitrogen and oxygen atoms in total. The van der Waals surface area contributed by atoms with Gasteiger partial charge in [-0.2, -0.15) is 0 Å². The van der Waals surface area contributed by atoms with Gasteiger partial charge >= 0.3 is 5.97 Å². The highest BCUT2D eigenvalue weighted by atomic mass is 19.1. The number of nitrogens with zero attached hydrogens (tertiary/aromatic N) is 2. The third-order valence-electron chi connectivity index (χ3n) is 2.18. The van der Waals surface area contributed by atoms with Crippen LogP contribution >= 0.6 is 0 Å². The smallest absolute Gasteiger partial charge is 0.342 e. The summed E-state index contributed by atoms with van der Waals surface area (Å²) < 4.78 is 18.6. The van der Waals surface area contributed by atoms with E-state index in [2.05, 4.69) is 9.97 Å². The van der Waals surface area contributed by atoms with E-state index in [1.807, 2.05) is 0 Å². The summed E-state index contributed by atoms with van der Waals surface area (Å²) in [5, 5.41) is 8.93. The average molecular weight is 248 g/mol. The SMILES string of the molecule is Cc1cc(Oc2cccc(F)c2C(=O)O)ncn1. The number of carboxylic acid groups (broad SMARTS) is 1. The number of halogens is 1. The Kier molecular flexibility index (Phi) is 3.18. The fourth-order valence-electron chi connectivity index (χ4n) is 1.40. The van der Waals surface area contributed by atoms with Crippen LogP contribution in [0.3, 0.4) is 0 Å². The van der Waals surface area contributed by atoms with Crippen molar-refractivity contribution in [2.24, 2.45) is 0 Å². The van der Waals surface area contributed by atoms with Gasteiger partial charge in [-0.25, -0.2) is 19.2 Å². The second-order valence-corrected chi connectivity index (χ2v) is 3.52. The van der Waals surface area contributed by atoms with Crippen LogP contribution in [-0.2, 0) is 0 Å². The van der Waals surface area contributed by atoms with Gasteiger partial charge in [-0.05, 0) is 19.1 Å². The minimum Gasteiger partial charge on any atom is -0.477 e. The van der Waals surface area contributed by atoms with Crippen LogP contribution in [0.2, 0.25) is 0 Å². The molecule has 0 saturated carbocycles. The summed E-state index contributed by atoms with van der Waals surface area (Å²) in [6.45, 7) is 1.73. The molecule has 0 aliphatic rings. The first-order valence-electron chi connectivity index (χ1n) is 5.06. The van der Waals surface area contributed by atoms with E-state index in [4.69, 9.17) is 9.84 Å². The number of benzene rings is 1. The van der Waals surface area contributed by atoms with Crippen molar-refractivity contribution in [3.8, 4) is 11.6 Å². The lowest BCUT2D eigenvalue weighted by atomic mass is 10.2. The normalized spacial score (nSPS) is 10.1. The van der Waals surface area contributed by atoms with Gasteiger partial charge in [-0.15, -0.1) is 0 Å². The number of carboxylic acids is 1. The van der Waals surface area contributed by atoms with E-state index in [0.29, 0.717) is 5.69 Å². The van der Waals surface area contributed by atoms with Gasteiger partial charge in [0.25, 0.3) is 0 Å². The Hall–Kier alpha value is -2.50. The monoisotopic (exact) mass is 248 g/mol. The third-order valence-corrected chi connectivity index (χ3v) is 2.18. The van der Waals surface area contributed by atoms with Crippen LogP contribution in [0.5, 0.6) is 11.6 Å². The Balaban J connectivity index is 2.40. The highest BCUT2D eigenvalue weighted by molar-refractivity contribution is 5.91. The number of hydrogen-bond acceptors (Lipinski definition) is 4. The van der Waals surface area contributed by atoms with E-state index >= 15 is 0 Å². The summed E-state index contributed by atoms with van der Waals surface area (Å²) in [5.41, 5.74) is 0.141. The highest BCUT2D eigenvalue weighted by Gasteiger charge is 2.17. The minimum absolute atomic E-state index is 0.0967. The lowest BCUT2D eigenvalue weighted by Crippen LogP contribution is -2.04. The summed E-state index contributed by atoms with van der Waals surface area (Å²) in [7, 11) is 0. The van der Waals surface area contributed by atoms with Crippen LogP contribution in [0.25, 0.3) is 0 Å². The van der Waals surface area contributed by atoms with E-state index in [1.165, 1.54) is 24.5 Å². The molecule has 0 fully saturated rings. The number of ether oxygens (including phenoxy) is 1. The molecule has 2 aromatic rings. The van der Waals surface area contributed by atoms with Crippen molar-refractivity contribution in [2.75, 3.05) is 0 Å². The van der Waals surface area contributed by atoms with Gasteiger partial charge in [0, 0.05) is 11.8 Å². The maximum absolute atomic E-state index is 13.4. The Morgan fingerprint density at radius 1 is 1.39 bits per heavy atom. The molecule has 0 amide bonds. The van der Waals surface area contributed by atoms with Gasteiger partial charge in [-0.1, -0.05) is 6.07 Å². The molecular weight excluding hydrogens is 239 g/mol. The maximum Gasteiger partial charge on any atom is 0.342 e. The molecule has 1 aromatic carbocycles. The van der Waals surface area contributed by atoms with Gasteiger partial charge in [0.15, 0.2) is 0 Å². The summed E-state index contributed by atoms with van der Waals surface area (Å²) >= 11 is 0. The molecule has 6 heteroatoms. The Morgan fingerprint density at radius 2 is 2.17 bits per heavy atom. The second kappa shape index (κ2) is 4.79. The molecule has 1 heterocycles. The Labute approximate surface area is 102 Å². The molecular formula is C12H9FN2O3. The summed E-state index contributed by atoms with van der Waals surface area (Å²) in [5.74, 6) is -2.18. The summed E-state index contributed by atoms with van der Waals surface area (Å²) in [6, 6.07) is 5.31. The van der Waals surface area contributed by atoms with Crippen molar-refractivity contribution in [1.82, 2.24) is 9.97 Å². The quantitative estimate of drug-likeness (QED) is 0.902. The van der Waals surface area contributed by atoms with Crippen molar-refractivity contribution < 1.29 is 19.0 Å². The number of aromatic carboxylic acids is 1. The van der Waals surface area contributed by atoms with Crippen LogP contribution in [-0.4, -0.2) is 21.0 Å². The molecule has 0 aliphatic carbocycles. The maximum atomic E-state index is 13.4. The standard InChI is InChI=1S/C12H9FN2O3/c1-7-5-10(15-6-14-7)18-9-4-2-3-8(13)11(9)12(16)17/h2-6H,1H3,(H,16,17). The fraction of sp³-hybridized carbons (Fsp3) is 0.0833. The molecule has 2 rings (SSSR count). The predicted molar refractivity (Wildman–Crippen MR) is 60.2 cm³/mol. The molecule has 92 valence electrons. The lowest BCUT2D eigenvalue weighted by molar-refractivity contribution is 0.0689. The topological polar surface area (TPSA) is 72.3 Å². The average Bonchev–Trinajstić information content (AvgIpc) is 2.28. The van der Waals surface area contributed by atoms with Crippen LogP contribution in [0.15, 0.2) is 30.6 Å². The summed E-state index contributed by atoms with van der Waals surface area (Å²) in [6.07, 6.45) is 1.28. The number of rotatable bonds is 3. The van der Waals surface area contributed by atoms with Crippen LogP contribution < -0.4 is 4.74 Å². The molecule has 0 unspecified atom stereocenters. The first kappa shape index (κ1) is 12.0. The van der Waals surface area contributed by atoms with Crippen LogP contribution in [0.4, 0.5) is 4.39 Å². The van der Waals surface area contributed by atoms with Crippen molar-refractivity contribution in [1.29, 1.82) is 0 Å². The zero-order valence-corrected chi connectivity index (χ0v) is 9.42. The van der Waals surface area contributed by atoms with E-state index < -0.39 is 17.3 Å². The molecule has 18 heavy (non-hydrogen) atoms. The van der Waals surface area contributed by atoms with E-state index in [-0.39, 0.29) is 11.6 Å². The van der Waals surface area contributed by atoms with Crippen molar-refractivity contribution in [3.63, 3.8) is 0 Å². The molecule has 0 aliphatic heterocycles. The van der Waals surface area contributed by atoms with Gasteiger partial charge in [-0.3, -0.25) is 0 Å². The Bertz CT molecular complexity index is 602. The van der Waals surface area contributed by atoms with Gasteiger partial charge < -0.3 is 9.84 Å². The molecule has 0 spiro atoms. The molecule has 0 saturated heterocycles. The lowest BCUT2D eigenvalue weighted by Gasteiger charge is -2.08. The molecule has 1 aromatic heterocycles. The van der Waals surface area contributed by atoms with Crippen molar-refractivity contribution >= 4 is 5.97 Å². The first-order valence-corrected chi connectivity index (χ1v) is 5.06. The van der Waals surface area contributed by atoms with Crippen LogP contribution in [0.1, 0.15) is 16.1 Å². The van der Waals surface area contributed by atoms with Crippen molar-refractivity contribution in [2.45, 2.75) is 6.92 Å². The molecule has 0 radical (unpaired) electrons. The molecule has 0 bridgehead atoms. The number of carbonyl (C=O) groups is 1. The number of aromatic nitrogens is 2. The van der Waals surface area contributed by atoms with E-state index in [1.54, 1.807) is 6.92 Å². The van der Waals surface area contributed by atoms with Gasteiger partial charge in [0.1, 0.15) is 23.5 Å². The van der Waals surface area contributed by atoms with E-state index in [9.17, 15) is 9.18 Å². The predicted octanol–water partition coefficient (Wildman–Crippen LogP) is 2.41. The minimum atomic E-state index is -1.39. The number of aryl methyl sites for hydroxylation is 1. The zero-order valence-electron chi connectivity index (χ0n) is 9.42. The van der Waals surface area contributed by atoms with Crippen LogP contribution in [0, 0.1) is 12.7 Å². The van der Waals surface area contributed by atoms with Crippen molar-refractivity contribution in [3.05, 3.63) is 47.7 Å². The second-order valence-electron chi connectivity index (χ2n) is 3.52. The first-order chi connectivity index (χ1) is 8.58. The highest BCUT2D eigenvalue weighted by Crippen LogP contribution is 2.26.